The number of amides is 1. The molecule has 2 N–H and O–H groups in total. The third kappa shape index (κ3) is 3.54. The van der Waals surface area contributed by atoms with Gasteiger partial charge in [-0.05, 0) is 17.9 Å². The molecule has 0 atom stereocenters. The van der Waals surface area contributed by atoms with E-state index in [0.29, 0.717) is 23.6 Å². The van der Waals surface area contributed by atoms with Gasteiger partial charge in [0.2, 0.25) is 0 Å². The molecule has 88 valence electrons. The van der Waals surface area contributed by atoms with Crippen LogP contribution in [0.4, 0.5) is 0 Å². The van der Waals surface area contributed by atoms with Crippen molar-refractivity contribution in [1.82, 2.24) is 5.32 Å². The summed E-state index contributed by atoms with van der Waals surface area (Å²) in [7, 11) is 1.50. The maximum atomic E-state index is 11.6. The fraction of sp³-hybridized carbons (Fsp3) is 0.400. The number of carboxylic acid groups (broad SMARTS) is 1. The van der Waals surface area contributed by atoms with Gasteiger partial charge < -0.3 is 15.2 Å². The Balaban J connectivity index is 2.38. The van der Waals surface area contributed by atoms with E-state index < -0.39 is 5.97 Å². The van der Waals surface area contributed by atoms with Gasteiger partial charge in [-0.15, -0.1) is 11.3 Å². The van der Waals surface area contributed by atoms with Crippen LogP contribution < -0.4 is 10.1 Å². The van der Waals surface area contributed by atoms with Gasteiger partial charge in [0.1, 0.15) is 10.6 Å². The zero-order chi connectivity index (χ0) is 12.0. The molecule has 1 aromatic heterocycles. The van der Waals surface area contributed by atoms with E-state index in [1.54, 1.807) is 11.4 Å². The molecule has 0 saturated heterocycles. The Morgan fingerprint density at radius 2 is 2.31 bits per heavy atom. The van der Waals surface area contributed by atoms with Crippen LogP contribution in [0.1, 0.15) is 22.5 Å². The van der Waals surface area contributed by atoms with Gasteiger partial charge in [0.25, 0.3) is 5.91 Å². The third-order valence-corrected chi connectivity index (χ3v) is 2.80. The Kier molecular flexibility index (Phi) is 4.78. The summed E-state index contributed by atoms with van der Waals surface area (Å²) in [6, 6.07) is 1.72. The lowest BCUT2D eigenvalue weighted by Crippen LogP contribution is -2.24. The van der Waals surface area contributed by atoms with Crippen LogP contribution in [0.3, 0.4) is 0 Å². The van der Waals surface area contributed by atoms with Crippen molar-refractivity contribution in [3.05, 3.63) is 16.3 Å². The van der Waals surface area contributed by atoms with Gasteiger partial charge in [0, 0.05) is 13.0 Å². The number of carbonyl (C=O) groups is 2. The van der Waals surface area contributed by atoms with Gasteiger partial charge in [-0.3, -0.25) is 9.59 Å². The van der Waals surface area contributed by atoms with E-state index in [4.69, 9.17) is 9.84 Å². The number of ether oxygens (including phenoxy) is 1. The standard InChI is InChI=1S/C10H13NO4S/c1-15-7-4-6-16-9(7)10(14)11-5-2-3-8(12)13/h4,6H,2-3,5H2,1H3,(H,11,14)(H,12,13). The predicted octanol–water partition coefficient (Wildman–Crippen LogP) is 1.35. The van der Waals surface area contributed by atoms with Crippen LogP contribution in [-0.2, 0) is 4.79 Å². The maximum absolute atomic E-state index is 11.6. The van der Waals surface area contributed by atoms with E-state index >= 15 is 0 Å². The molecular formula is C10H13NO4S. The van der Waals surface area contributed by atoms with Gasteiger partial charge in [-0.25, -0.2) is 0 Å². The molecule has 0 aliphatic rings. The van der Waals surface area contributed by atoms with Crippen molar-refractivity contribution in [2.75, 3.05) is 13.7 Å². The molecule has 0 fully saturated rings. The Labute approximate surface area is 97.0 Å². The number of thiophene rings is 1. The Morgan fingerprint density at radius 1 is 1.56 bits per heavy atom. The second kappa shape index (κ2) is 6.12. The number of carboxylic acids is 1. The lowest BCUT2D eigenvalue weighted by Gasteiger charge is -2.04. The summed E-state index contributed by atoms with van der Waals surface area (Å²) in [6.07, 6.45) is 0.483. The molecule has 6 heteroatoms. The van der Waals surface area contributed by atoms with Crippen LogP contribution >= 0.6 is 11.3 Å². The molecule has 5 nitrogen and oxygen atoms in total. The molecule has 0 bridgehead atoms. The molecule has 0 radical (unpaired) electrons. The van der Waals surface area contributed by atoms with Crippen LogP contribution in [0.2, 0.25) is 0 Å². The molecular weight excluding hydrogens is 230 g/mol. The minimum atomic E-state index is -0.858. The first-order valence-electron chi connectivity index (χ1n) is 4.76. The minimum Gasteiger partial charge on any atom is -0.495 e. The molecule has 1 rings (SSSR count). The number of nitrogens with one attached hydrogen (secondary N) is 1. The quantitative estimate of drug-likeness (QED) is 0.739. The first-order chi connectivity index (χ1) is 7.65. The van der Waals surface area contributed by atoms with Gasteiger partial charge in [0.15, 0.2) is 0 Å². The maximum Gasteiger partial charge on any atom is 0.303 e. The fourth-order valence-electron chi connectivity index (χ4n) is 1.15. The normalized spacial score (nSPS) is 9.81. The van der Waals surface area contributed by atoms with Crippen LogP contribution in [0.5, 0.6) is 5.75 Å². The molecule has 0 saturated carbocycles. The summed E-state index contributed by atoms with van der Waals surface area (Å²) in [5, 5.41) is 12.8. The number of hydrogen-bond donors (Lipinski definition) is 2. The van der Waals surface area contributed by atoms with Crippen molar-refractivity contribution >= 4 is 23.2 Å². The van der Waals surface area contributed by atoms with Gasteiger partial charge >= 0.3 is 5.97 Å². The highest BCUT2D eigenvalue weighted by molar-refractivity contribution is 7.12. The average molecular weight is 243 g/mol. The molecule has 1 aromatic rings. The summed E-state index contributed by atoms with van der Waals surface area (Å²) >= 11 is 1.29. The van der Waals surface area contributed by atoms with E-state index in [1.807, 2.05) is 0 Å². The number of carbonyl (C=O) groups excluding carboxylic acids is 1. The van der Waals surface area contributed by atoms with Crippen molar-refractivity contribution in [2.45, 2.75) is 12.8 Å². The molecule has 0 aromatic carbocycles. The molecule has 0 unspecified atom stereocenters. The molecule has 16 heavy (non-hydrogen) atoms. The second-order valence-corrected chi connectivity index (χ2v) is 3.99. The van der Waals surface area contributed by atoms with Gasteiger partial charge in [0.05, 0.1) is 7.11 Å². The Morgan fingerprint density at radius 3 is 2.94 bits per heavy atom. The smallest absolute Gasteiger partial charge is 0.303 e. The summed E-state index contributed by atoms with van der Waals surface area (Å²) < 4.78 is 5.01. The van der Waals surface area contributed by atoms with Gasteiger partial charge in [-0.2, -0.15) is 0 Å². The molecule has 0 spiro atoms. The largest absolute Gasteiger partial charge is 0.495 e. The highest BCUT2D eigenvalue weighted by atomic mass is 32.1. The van der Waals surface area contributed by atoms with Crippen LogP contribution in [-0.4, -0.2) is 30.6 Å². The molecule has 0 aliphatic carbocycles. The highest BCUT2D eigenvalue weighted by Gasteiger charge is 2.12. The lowest BCUT2D eigenvalue weighted by atomic mass is 10.3. The zero-order valence-corrected chi connectivity index (χ0v) is 9.67. The van der Waals surface area contributed by atoms with Crippen molar-refractivity contribution in [2.24, 2.45) is 0 Å². The minimum absolute atomic E-state index is 0.0574. The van der Waals surface area contributed by atoms with Crippen molar-refractivity contribution in [3.63, 3.8) is 0 Å². The summed E-state index contributed by atoms with van der Waals surface area (Å²) in [5.74, 6) is -0.541. The number of methoxy groups -OCH3 is 1. The summed E-state index contributed by atoms with van der Waals surface area (Å²) in [6.45, 7) is 0.353. The van der Waals surface area contributed by atoms with Crippen molar-refractivity contribution in [3.8, 4) is 5.75 Å². The highest BCUT2D eigenvalue weighted by Crippen LogP contribution is 2.23. The van der Waals surface area contributed by atoms with Crippen molar-refractivity contribution < 1.29 is 19.4 Å². The second-order valence-electron chi connectivity index (χ2n) is 3.07. The number of rotatable bonds is 6. The molecule has 0 aliphatic heterocycles. The van der Waals surface area contributed by atoms with Gasteiger partial charge in [-0.1, -0.05) is 0 Å². The fourth-order valence-corrected chi connectivity index (χ4v) is 1.92. The Bertz CT molecular complexity index is 375. The third-order valence-electron chi connectivity index (χ3n) is 1.91. The number of hydrogen-bond acceptors (Lipinski definition) is 4. The van der Waals surface area contributed by atoms with Crippen LogP contribution in [0, 0.1) is 0 Å². The van der Waals surface area contributed by atoms with Crippen molar-refractivity contribution in [1.29, 1.82) is 0 Å². The van der Waals surface area contributed by atoms with E-state index in [0.717, 1.165) is 0 Å². The molecule has 1 amide bonds. The van der Waals surface area contributed by atoms with E-state index in [9.17, 15) is 9.59 Å². The topological polar surface area (TPSA) is 75.6 Å². The first kappa shape index (κ1) is 12.5. The van der Waals surface area contributed by atoms with E-state index in [-0.39, 0.29) is 12.3 Å². The van der Waals surface area contributed by atoms with E-state index in [1.165, 1.54) is 18.4 Å². The average Bonchev–Trinajstić information content (AvgIpc) is 2.71. The molecule has 1 heterocycles. The monoisotopic (exact) mass is 243 g/mol. The first-order valence-corrected chi connectivity index (χ1v) is 5.64. The van der Waals surface area contributed by atoms with Crippen LogP contribution in [0.15, 0.2) is 11.4 Å². The summed E-state index contributed by atoms with van der Waals surface area (Å²) in [5.41, 5.74) is 0. The summed E-state index contributed by atoms with van der Waals surface area (Å²) in [4.78, 5) is 22.4. The van der Waals surface area contributed by atoms with E-state index in [2.05, 4.69) is 5.32 Å². The van der Waals surface area contributed by atoms with Crippen LogP contribution in [0.25, 0.3) is 0 Å². The number of aliphatic carboxylic acids is 1. The zero-order valence-electron chi connectivity index (χ0n) is 8.86. The Hall–Kier alpha value is -1.56. The predicted molar refractivity (Wildman–Crippen MR) is 60.1 cm³/mol. The SMILES string of the molecule is COc1ccsc1C(=O)NCCCC(=O)O. The lowest BCUT2D eigenvalue weighted by molar-refractivity contribution is -0.137.